The summed E-state index contributed by atoms with van der Waals surface area (Å²) in [6.45, 7) is 3.05. The summed E-state index contributed by atoms with van der Waals surface area (Å²) in [6.07, 6.45) is 0.959. The molecular weight excluding hydrogens is 292 g/mol. The molecule has 1 heterocycles. The van der Waals surface area contributed by atoms with Gasteiger partial charge in [-0.2, -0.15) is 0 Å². The number of benzene rings is 2. The molecule has 1 aliphatic rings. The zero-order chi connectivity index (χ0) is 15.7. The Labute approximate surface area is 135 Å². The number of fused-ring (bicyclic) bond motifs is 2. The molecule has 0 bridgehead atoms. The van der Waals surface area contributed by atoms with Gasteiger partial charge in [0.2, 0.25) is 0 Å². The van der Waals surface area contributed by atoms with Crippen LogP contribution >= 0.6 is 11.8 Å². The van der Waals surface area contributed by atoms with Crippen molar-refractivity contribution in [1.82, 2.24) is 4.90 Å². The van der Waals surface area contributed by atoms with Gasteiger partial charge in [-0.3, -0.25) is 4.79 Å². The molecule has 2 aromatic rings. The molecule has 0 fully saturated rings. The number of anilines is 2. The number of aldehydes is 1. The van der Waals surface area contributed by atoms with Crippen LogP contribution in [-0.2, 0) is 0 Å². The second-order valence-electron chi connectivity index (χ2n) is 5.80. The van der Waals surface area contributed by atoms with Gasteiger partial charge in [-0.05, 0) is 45.3 Å². The summed E-state index contributed by atoms with van der Waals surface area (Å²) < 4.78 is 0. The van der Waals surface area contributed by atoms with Gasteiger partial charge in [0.05, 0.1) is 11.4 Å². The monoisotopic (exact) mass is 312 g/mol. The van der Waals surface area contributed by atoms with Crippen LogP contribution in [-0.4, -0.2) is 37.9 Å². The summed E-state index contributed by atoms with van der Waals surface area (Å²) in [4.78, 5) is 18.4. The molecular formula is C18H20N2OS. The molecule has 114 valence electrons. The average molecular weight is 312 g/mol. The van der Waals surface area contributed by atoms with Crippen molar-refractivity contribution in [3.63, 3.8) is 0 Å². The van der Waals surface area contributed by atoms with E-state index in [1.54, 1.807) is 11.8 Å². The minimum Gasteiger partial charge on any atom is -0.337 e. The topological polar surface area (TPSA) is 23.6 Å². The smallest absolute Gasteiger partial charge is 0.152 e. The zero-order valence-corrected chi connectivity index (χ0v) is 13.9. The maximum atomic E-state index is 11.5. The Morgan fingerprint density at radius 2 is 1.86 bits per heavy atom. The number of nitrogens with zero attached hydrogens (tertiary/aromatic N) is 2. The Bertz CT molecular complexity index is 699. The van der Waals surface area contributed by atoms with Crippen molar-refractivity contribution in [2.75, 3.05) is 25.5 Å². The van der Waals surface area contributed by atoms with E-state index in [0.29, 0.717) is 6.04 Å². The first-order chi connectivity index (χ1) is 10.6. The summed E-state index contributed by atoms with van der Waals surface area (Å²) in [5.74, 6) is 0. The Hall–Kier alpha value is -1.78. The Balaban J connectivity index is 2.12. The maximum absolute atomic E-state index is 11.5. The zero-order valence-electron chi connectivity index (χ0n) is 13.1. The van der Waals surface area contributed by atoms with Gasteiger partial charge in [-0.15, -0.1) is 0 Å². The van der Waals surface area contributed by atoms with Crippen LogP contribution in [0.5, 0.6) is 0 Å². The predicted octanol–water partition coefficient (Wildman–Crippen LogP) is 4.05. The largest absolute Gasteiger partial charge is 0.337 e. The van der Waals surface area contributed by atoms with Crippen LogP contribution in [0.3, 0.4) is 0 Å². The number of likely N-dealkylation sites (N-methyl/N-ethyl adjacent to an activating group) is 1. The van der Waals surface area contributed by atoms with Crippen molar-refractivity contribution < 1.29 is 4.79 Å². The first-order valence-electron chi connectivity index (χ1n) is 7.41. The highest BCUT2D eigenvalue weighted by molar-refractivity contribution is 7.99. The van der Waals surface area contributed by atoms with E-state index in [1.165, 1.54) is 10.6 Å². The molecule has 0 aliphatic carbocycles. The van der Waals surface area contributed by atoms with E-state index in [2.05, 4.69) is 61.2 Å². The molecule has 0 N–H and O–H groups in total. The molecule has 1 unspecified atom stereocenters. The van der Waals surface area contributed by atoms with E-state index < -0.39 is 0 Å². The summed E-state index contributed by atoms with van der Waals surface area (Å²) in [5.41, 5.74) is 2.98. The molecule has 1 atom stereocenters. The van der Waals surface area contributed by atoms with Crippen LogP contribution in [0, 0.1) is 0 Å². The Kier molecular flexibility index (Phi) is 4.23. The van der Waals surface area contributed by atoms with Gasteiger partial charge in [-0.25, -0.2) is 0 Å². The maximum Gasteiger partial charge on any atom is 0.152 e. The molecule has 3 rings (SSSR count). The second kappa shape index (κ2) is 6.15. The van der Waals surface area contributed by atoms with Crippen molar-refractivity contribution in [3.8, 4) is 0 Å². The van der Waals surface area contributed by atoms with E-state index >= 15 is 0 Å². The van der Waals surface area contributed by atoms with Crippen molar-refractivity contribution in [3.05, 3.63) is 48.0 Å². The number of rotatable bonds is 4. The SMILES string of the molecule is CC(CN1c2ccccc2Sc2cccc(C=O)c21)N(C)C. The number of carbonyl (C=O) groups excluding carboxylic acids is 1. The van der Waals surface area contributed by atoms with Crippen LogP contribution in [0.15, 0.2) is 52.3 Å². The second-order valence-corrected chi connectivity index (χ2v) is 6.89. The van der Waals surface area contributed by atoms with Crippen LogP contribution < -0.4 is 4.90 Å². The third-order valence-electron chi connectivity index (χ3n) is 4.13. The van der Waals surface area contributed by atoms with Gasteiger partial charge in [0.1, 0.15) is 0 Å². The summed E-state index contributed by atoms with van der Waals surface area (Å²) in [5, 5.41) is 0. The first-order valence-corrected chi connectivity index (χ1v) is 8.22. The molecule has 0 saturated carbocycles. The lowest BCUT2D eigenvalue weighted by Crippen LogP contribution is -2.37. The van der Waals surface area contributed by atoms with Gasteiger partial charge >= 0.3 is 0 Å². The summed E-state index contributed by atoms with van der Waals surface area (Å²) in [7, 11) is 4.17. The Morgan fingerprint density at radius 1 is 1.14 bits per heavy atom. The predicted molar refractivity (Wildman–Crippen MR) is 92.5 cm³/mol. The molecule has 0 saturated heterocycles. The quantitative estimate of drug-likeness (QED) is 0.795. The third kappa shape index (κ3) is 2.64. The van der Waals surface area contributed by atoms with Gasteiger partial charge in [0.25, 0.3) is 0 Å². The van der Waals surface area contributed by atoms with E-state index in [-0.39, 0.29) is 0 Å². The fourth-order valence-corrected chi connectivity index (χ4v) is 3.77. The molecule has 0 radical (unpaired) electrons. The van der Waals surface area contributed by atoms with Crippen LogP contribution in [0.4, 0.5) is 11.4 Å². The van der Waals surface area contributed by atoms with Crippen molar-refractivity contribution in [1.29, 1.82) is 0 Å². The number of para-hydroxylation sites is 2. The third-order valence-corrected chi connectivity index (χ3v) is 5.25. The minimum absolute atomic E-state index is 0.378. The van der Waals surface area contributed by atoms with E-state index in [9.17, 15) is 4.79 Å². The van der Waals surface area contributed by atoms with Crippen molar-refractivity contribution in [2.45, 2.75) is 22.8 Å². The van der Waals surface area contributed by atoms with E-state index in [1.807, 2.05) is 12.1 Å². The Morgan fingerprint density at radius 3 is 2.59 bits per heavy atom. The van der Waals surface area contributed by atoms with Crippen LogP contribution in [0.2, 0.25) is 0 Å². The van der Waals surface area contributed by atoms with Gasteiger partial charge < -0.3 is 9.80 Å². The number of hydrogen-bond donors (Lipinski definition) is 0. The lowest BCUT2D eigenvalue weighted by molar-refractivity contribution is 0.112. The van der Waals surface area contributed by atoms with Crippen molar-refractivity contribution >= 4 is 29.4 Å². The lowest BCUT2D eigenvalue weighted by Gasteiger charge is -2.36. The van der Waals surface area contributed by atoms with Gasteiger partial charge in [-0.1, -0.05) is 30.0 Å². The molecule has 0 spiro atoms. The van der Waals surface area contributed by atoms with E-state index in [0.717, 1.165) is 29.0 Å². The average Bonchev–Trinajstić information content (AvgIpc) is 2.53. The van der Waals surface area contributed by atoms with Gasteiger partial charge in [0, 0.05) is 27.9 Å². The summed E-state index contributed by atoms with van der Waals surface area (Å²) in [6, 6.07) is 14.7. The standard InChI is InChI=1S/C18H20N2OS/c1-13(19(2)3)11-20-15-8-4-5-9-16(15)22-17-10-6-7-14(12-21)18(17)20/h4-10,12-13H,11H2,1-3H3. The molecule has 22 heavy (non-hydrogen) atoms. The summed E-state index contributed by atoms with van der Waals surface area (Å²) >= 11 is 1.74. The van der Waals surface area contributed by atoms with Crippen LogP contribution in [0.1, 0.15) is 17.3 Å². The molecule has 0 aromatic heterocycles. The molecule has 4 heteroatoms. The van der Waals surface area contributed by atoms with E-state index in [4.69, 9.17) is 0 Å². The molecule has 2 aromatic carbocycles. The number of hydrogen-bond acceptors (Lipinski definition) is 4. The molecule has 3 nitrogen and oxygen atoms in total. The first kappa shape index (κ1) is 15.1. The molecule has 0 amide bonds. The lowest BCUT2D eigenvalue weighted by atomic mass is 10.1. The highest BCUT2D eigenvalue weighted by atomic mass is 32.2. The highest BCUT2D eigenvalue weighted by Gasteiger charge is 2.26. The fraction of sp³-hybridized carbons (Fsp3) is 0.278. The highest BCUT2D eigenvalue weighted by Crippen LogP contribution is 2.49. The minimum atomic E-state index is 0.378. The van der Waals surface area contributed by atoms with Gasteiger partial charge in [0.15, 0.2) is 6.29 Å². The fourth-order valence-electron chi connectivity index (χ4n) is 2.63. The number of carbonyl (C=O) groups is 1. The molecule has 1 aliphatic heterocycles. The van der Waals surface area contributed by atoms with Crippen molar-refractivity contribution in [2.24, 2.45) is 0 Å². The van der Waals surface area contributed by atoms with Crippen LogP contribution in [0.25, 0.3) is 0 Å². The normalized spacial score (nSPS) is 14.5.